The van der Waals surface area contributed by atoms with Crippen molar-refractivity contribution < 1.29 is 9.50 Å². The van der Waals surface area contributed by atoms with Gasteiger partial charge < -0.3 is 10.8 Å². The summed E-state index contributed by atoms with van der Waals surface area (Å²) in [5.74, 6) is -0.0902. The first kappa shape index (κ1) is 12.3. The minimum atomic E-state index is -0.869. The Morgan fingerprint density at radius 2 is 2.18 bits per heavy atom. The Labute approximate surface area is 106 Å². The van der Waals surface area contributed by atoms with Crippen molar-refractivity contribution in [2.24, 2.45) is 0 Å². The van der Waals surface area contributed by atoms with Crippen LogP contribution in [-0.4, -0.2) is 21.1 Å². The summed E-state index contributed by atoms with van der Waals surface area (Å²) in [7, 11) is 0. The number of rotatable bonds is 4. The maximum absolute atomic E-state index is 13.4. The molecule has 0 radical (unpaired) electrons. The molecule has 0 aliphatic heterocycles. The first-order chi connectivity index (χ1) is 8.16. The van der Waals surface area contributed by atoms with E-state index < -0.39 is 11.9 Å². The molecular formula is C10H10FN3OS2. The van der Waals surface area contributed by atoms with Crippen molar-refractivity contribution in [3.05, 3.63) is 35.6 Å². The van der Waals surface area contributed by atoms with Crippen LogP contribution in [0.2, 0.25) is 0 Å². The van der Waals surface area contributed by atoms with E-state index in [1.807, 2.05) is 0 Å². The normalized spacial score (nSPS) is 12.6. The van der Waals surface area contributed by atoms with Crippen LogP contribution in [0.25, 0.3) is 0 Å². The molecule has 7 heteroatoms. The number of nitrogens with two attached hydrogens (primary N) is 1. The number of nitrogens with zero attached hydrogens (tertiary/aromatic N) is 2. The van der Waals surface area contributed by atoms with Crippen LogP contribution in [0.4, 0.5) is 9.52 Å². The Morgan fingerprint density at radius 1 is 1.41 bits per heavy atom. The lowest BCUT2D eigenvalue weighted by atomic mass is 10.1. The maximum Gasteiger partial charge on any atom is 0.203 e. The van der Waals surface area contributed by atoms with E-state index >= 15 is 0 Å². The smallest absolute Gasteiger partial charge is 0.203 e. The van der Waals surface area contributed by atoms with Crippen LogP contribution in [0.5, 0.6) is 0 Å². The van der Waals surface area contributed by atoms with Gasteiger partial charge in [-0.15, -0.1) is 10.2 Å². The van der Waals surface area contributed by atoms with E-state index in [0.29, 0.717) is 15.2 Å². The Kier molecular flexibility index (Phi) is 3.93. The van der Waals surface area contributed by atoms with Gasteiger partial charge in [0, 0.05) is 11.3 Å². The van der Waals surface area contributed by atoms with Gasteiger partial charge in [0.1, 0.15) is 5.82 Å². The van der Waals surface area contributed by atoms with Gasteiger partial charge in [0.15, 0.2) is 4.34 Å². The lowest BCUT2D eigenvalue weighted by Gasteiger charge is -2.09. The van der Waals surface area contributed by atoms with E-state index in [1.165, 1.54) is 29.2 Å². The van der Waals surface area contributed by atoms with Crippen molar-refractivity contribution in [3.8, 4) is 0 Å². The minimum absolute atomic E-state index is 0.289. The Hall–Kier alpha value is -1.18. The van der Waals surface area contributed by atoms with Crippen LogP contribution in [-0.2, 0) is 0 Å². The van der Waals surface area contributed by atoms with Gasteiger partial charge in [-0.2, -0.15) is 0 Å². The second-order valence-corrected chi connectivity index (χ2v) is 5.53. The van der Waals surface area contributed by atoms with Gasteiger partial charge in [-0.25, -0.2) is 4.39 Å². The number of anilines is 1. The van der Waals surface area contributed by atoms with Gasteiger partial charge in [0.25, 0.3) is 0 Å². The molecule has 0 aliphatic rings. The number of benzene rings is 1. The maximum atomic E-state index is 13.4. The van der Waals surface area contributed by atoms with E-state index in [-0.39, 0.29) is 5.56 Å². The summed E-state index contributed by atoms with van der Waals surface area (Å²) in [6.07, 6.45) is -0.869. The zero-order chi connectivity index (χ0) is 12.3. The predicted octanol–water partition coefficient (Wildman–Crippen LogP) is 2.09. The fourth-order valence-corrected chi connectivity index (χ4v) is 2.88. The Bertz CT molecular complexity index is 506. The molecule has 0 aliphatic carbocycles. The predicted molar refractivity (Wildman–Crippen MR) is 66.4 cm³/mol. The lowest BCUT2D eigenvalue weighted by molar-refractivity contribution is 0.199. The minimum Gasteiger partial charge on any atom is -0.387 e. The topological polar surface area (TPSA) is 72.0 Å². The summed E-state index contributed by atoms with van der Waals surface area (Å²) < 4.78 is 14.0. The first-order valence-corrected chi connectivity index (χ1v) is 6.61. The monoisotopic (exact) mass is 271 g/mol. The highest BCUT2D eigenvalue weighted by Crippen LogP contribution is 2.28. The summed E-state index contributed by atoms with van der Waals surface area (Å²) in [6, 6.07) is 6.17. The van der Waals surface area contributed by atoms with Crippen molar-refractivity contribution in [3.63, 3.8) is 0 Å². The molecule has 0 spiro atoms. The number of halogens is 1. The third-order valence-electron chi connectivity index (χ3n) is 2.05. The van der Waals surface area contributed by atoms with Gasteiger partial charge in [-0.3, -0.25) is 0 Å². The standard InChI is InChI=1S/C10H10FN3OS2/c11-7-4-2-1-3-6(7)8(15)5-16-10-14-13-9(12)17-10/h1-4,8,15H,5H2,(H2,12,13)/t8-/m1/s1. The number of aliphatic hydroxyl groups is 1. The number of thioether (sulfide) groups is 1. The average Bonchev–Trinajstić information content (AvgIpc) is 2.73. The van der Waals surface area contributed by atoms with Gasteiger partial charge >= 0.3 is 0 Å². The fraction of sp³-hybridized carbons (Fsp3) is 0.200. The molecule has 1 atom stereocenters. The summed E-state index contributed by atoms with van der Waals surface area (Å²) in [5, 5.41) is 17.7. The second-order valence-electron chi connectivity index (χ2n) is 3.25. The third-order valence-corrected chi connectivity index (χ3v) is 4.01. The van der Waals surface area contributed by atoms with E-state index in [2.05, 4.69) is 10.2 Å². The number of nitrogen functional groups attached to an aromatic ring is 1. The van der Waals surface area contributed by atoms with Gasteiger partial charge in [-0.1, -0.05) is 41.3 Å². The Morgan fingerprint density at radius 3 is 2.82 bits per heavy atom. The molecular weight excluding hydrogens is 261 g/mol. The second kappa shape index (κ2) is 5.44. The lowest BCUT2D eigenvalue weighted by Crippen LogP contribution is -2.03. The van der Waals surface area contributed by atoms with E-state index in [1.54, 1.807) is 18.2 Å². The third kappa shape index (κ3) is 3.15. The summed E-state index contributed by atoms with van der Waals surface area (Å²) in [6.45, 7) is 0. The molecule has 90 valence electrons. The molecule has 0 unspecified atom stereocenters. The molecule has 1 heterocycles. The highest BCUT2D eigenvalue weighted by atomic mass is 32.2. The van der Waals surface area contributed by atoms with E-state index in [0.717, 1.165) is 0 Å². The van der Waals surface area contributed by atoms with Gasteiger partial charge in [-0.05, 0) is 6.07 Å². The number of aromatic nitrogens is 2. The quantitative estimate of drug-likeness (QED) is 0.833. The highest BCUT2D eigenvalue weighted by Gasteiger charge is 2.13. The number of hydrogen-bond donors (Lipinski definition) is 2. The SMILES string of the molecule is Nc1nnc(SC[C@@H](O)c2ccccc2F)s1. The van der Waals surface area contributed by atoms with E-state index in [9.17, 15) is 9.50 Å². The highest BCUT2D eigenvalue weighted by molar-refractivity contribution is 8.01. The molecule has 17 heavy (non-hydrogen) atoms. The fourth-order valence-electron chi connectivity index (χ4n) is 1.26. The van der Waals surface area contributed by atoms with Crippen LogP contribution in [0.1, 0.15) is 11.7 Å². The molecule has 1 aromatic heterocycles. The largest absolute Gasteiger partial charge is 0.387 e. The van der Waals surface area contributed by atoms with E-state index in [4.69, 9.17) is 5.73 Å². The molecule has 3 N–H and O–H groups in total. The number of hydrogen-bond acceptors (Lipinski definition) is 6. The van der Waals surface area contributed by atoms with Crippen LogP contribution in [0.3, 0.4) is 0 Å². The first-order valence-electron chi connectivity index (χ1n) is 4.81. The zero-order valence-corrected chi connectivity index (χ0v) is 10.3. The van der Waals surface area contributed by atoms with Crippen LogP contribution in [0, 0.1) is 5.82 Å². The molecule has 1 aromatic carbocycles. The van der Waals surface area contributed by atoms with Crippen LogP contribution < -0.4 is 5.73 Å². The van der Waals surface area contributed by atoms with Gasteiger partial charge in [0.05, 0.1) is 6.10 Å². The van der Waals surface area contributed by atoms with Crippen LogP contribution >= 0.6 is 23.1 Å². The molecule has 0 saturated carbocycles. The van der Waals surface area contributed by atoms with Crippen molar-refractivity contribution in [2.75, 3.05) is 11.5 Å². The van der Waals surface area contributed by atoms with Crippen molar-refractivity contribution in [2.45, 2.75) is 10.4 Å². The molecule has 0 bridgehead atoms. The van der Waals surface area contributed by atoms with Crippen molar-refractivity contribution >= 4 is 28.2 Å². The van der Waals surface area contributed by atoms with Crippen molar-refractivity contribution in [1.29, 1.82) is 0 Å². The number of aliphatic hydroxyl groups excluding tert-OH is 1. The molecule has 2 aromatic rings. The Balaban J connectivity index is 1.98. The summed E-state index contributed by atoms with van der Waals surface area (Å²) >= 11 is 2.54. The van der Waals surface area contributed by atoms with Gasteiger partial charge in [0.2, 0.25) is 5.13 Å². The molecule has 4 nitrogen and oxygen atoms in total. The summed E-state index contributed by atoms with van der Waals surface area (Å²) in [4.78, 5) is 0. The summed E-state index contributed by atoms with van der Waals surface area (Å²) in [5.41, 5.74) is 5.72. The molecule has 2 rings (SSSR count). The molecule has 0 fully saturated rings. The molecule has 0 saturated heterocycles. The zero-order valence-electron chi connectivity index (χ0n) is 8.71. The molecule has 0 amide bonds. The van der Waals surface area contributed by atoms with Crippen LogP contribution in [0.15, 0.2) is 28.6 Å². The average molecular weight is 271 g/mol. The van der Waals surface area contributed by atoms with Crippen molar-refractivity contribution in [1.82, 2.24) is 10.2 Å².